The molecule has 0 aliphatic heterocycles. The molecule has 0 aliphatic rings. The van der Waals surface area contributed by atoms with Gasteiger partial charge in [0.1, 0.15) is 5.58 Å². The van der Waals surface area contributed by atoms with E-state index in [1.807, 2.05) is 32.9 Å². The average molecular weight is 204 g/mol. The first-order valence-corrected chi connectivity index (χ1v) is 5.32. The molecule has 0 bridgehead atoms. The fourth-order valence-electron chi connectivity index (χ4n) is 1.36. The molecule has 2 rings (SSSR count). The zero-order valence-electron chi connectivity index (χ0n) is 9.41. The van der Waals surface area contributed by atoms with Crippen LogP contribution in [0.4, 0.5) is 0 Å². The molecule has 1 heterocycles. The van der Waals surface area contributed by atoms with Crippen LogP contribution in [0.25, 0.3) is 11.0 Å². The Morgan fingerprint density at radius 2 is 1.87 bits per heavy atom. The minimum absolute atomic E-state index is 0.0874. The van der Waals surface area contributed by atoms with Crippen LogP contribution >= 0.6 is 0 Å². The zero-order valence-corrected chi connectivity index (χ0v) is 9.41. The van der Waals surface area contributed by atoms with Crippen LogP contribution in [0.1, 0.15) is 26.3 Å². The maximum atomic E-state index is 11.7. The van der Waals surface area contributed by atoms with E-state index < -0.39 is 0 Å². The van der Waals surface area contributed by atoms with Gasteiger partial charge in [-0.2, -0.15) is 0 Å². The quantitative estimate of drug-likeness (QED) is 0.712. The van der Waals surface area contributed by atoms with E-state index in [0.717, 1.165) is 5.56 Å². The summed E-state index contributed by atoms with van der Waals surface area (Å²) in [6.45, 7) is 5.95. The number of aryl methyl sites for hydroxylation is 1. The number of benzene rings is 1. The van der Waals surface area contributed by atoms with Crippen LogP contribution in [-0.4, -0.2) is 0 Å². The van der Waals surface area contributed by atoms with Crippen LogP contribution in [0.2, 0.25) is 0 Å². The summed E-state index contributed by atoms with van der Waals surface area (Å²) in [5.41, 5.74) is 1.48. The van der Waals surface area contributed by atoms with Gasteiger partial charge in [-0.15, -0.1) is 0 Å². The number of hydrogen-bond acceptors (Lipinski definition) is 2. The molecular weight excluding hydrogens is 188 g/mol. The van der Waals surface area contributed by atoms with Gasteiger partial charge in [0.15, 0.2) is 5.43 Å². The van der Waals surface area contributed by atoms with Crippen molar-refractivity contribution in [3.8, 4) is 0 Å². The van der Waals surface area contributed by atoms with Gasteiger partial charge < -0.3 is 4.42 Å². The van der Waals surface area contributed by atoms with Gasteiger partial charge in [0.2, 0.25) is 0 Å². The molecule has 0 aliphatic carbocycles. The maximum absolute atomic E-state index is 11.7. The Hall–Kier alpha value is -1.57. The Bertz CT molecular complexity index is 483. The molecule has 0 unspecified atom stereocenters. The summed E-state index contributed by atoms with van der Waals surface area (Å²) < 4.78 is 5.31. The van der Waals surface area contributed by atoms with E-state index in [0.29, 0.717) is 17.4 Å². The number of fused-ring (bicyclic) bond motifs is 1. The number of hydrogen-bond donors (Lipinski definition) is 0. The van der Waals surface area contributed by atoms with E-state index in [2.05, 4.69) is 0 Å². The van der Waals surface area contributed by atoms with Crippen molar-refractivity contribution in [3.05, 3.63) is 46.3 Å². The van der Waals surface area contributed by atoms with Gasteiger partial charge in [0.25, 0.3) is 0 Å². The van der Waals surface area contributed by atoms with Gasteiger partial charge in [-0.05, 0) is 18.6 Å². The first-order valence-electron chi connectivity index (χ1n) is 5.32. The van der Waals surface area contributed by atoms with Crippen molar-refractivity contribution in [1.29, 1.82) is 0 Å². The summed E-state index contributed by atoms with van der Waals surface area (Å²) in [5, 5.41) is 0.668. The van der Waals surface area contributed by atoms with E-state index >= 15 is 0 Å². The van der Waals surface area contributed by atoms with Gasteiger partial charge >= 0.3 is 0 Å². The summed E-state index contributed by atoms with van der Waals surface area (Å²) >= 11 is 0. The van der Waals surface area contributed by atoms with E-state index in [1.165, 1.54) is 0 Å². The smallest absolute Gasteiger partial charge is 0.195 e. The highest BCUT2D eigenvalue weighted by atomic mass is 16.3. The molecule has 0 spiro atoms. The van der Waals surface area contributed by atoms with Crippen molar-refractivity contribution in [2.24, 2.45) is 0 Å². The molecule has 0 radical (unpaired) electrons. The summed E-state index contributed by atoms with van der Waals surface area (Å²) in [5.74, 6) is 0. The molecule has 15 heavy (non-hydrogen) atoms. The molecule has 1 aromatic carbocycles. The van der Waals surface area contributed by atoms with Gasteiger partial charge in [-0.25, -0.2) is 0 Å². The van der Waals surface area contributed by atoms with Gasteiger partial charge in [-0.3, -0.25) is 4.79 Å². The molecular formula is C13H16O2. The first-order chi connectivity index (χ1) is 7.33. The van der Waals surface area contributed by atoms with Crippen LogP contribution in [0.15, 0.2) is 39.7 Å². The zero-order chi connectivity index (χ0) is 11.3. The summed E-state index contributed by atoms with van der Waals surface area (Å²) in [4.78, 5) is 11.7. The lowest BCUT2D eigenvalue weighted by molar-refractivity contribution is 0.594. The van der Waals surface area contributed by atoms with E-state index in [9.17, 15) is 4.79 Å². The highest BCUT2D eigenvalue weighted by Gasteiger charge is 2.03. The average Bonchev–Trinajstić information content (AvgIpc) is 2.33. The second-order valence-electron chi connectivity index (χ2n) is 2.94. The maximum Gasteiger partial charge on any atom is 0.195 e. The predicted octanol–water partition coefficient (Wildman–Crippen LogP) is 3.38. The van der Waals surface area contributed by atoms with Crippen LogP contribution in [0, 0.1) is 0 Å². The Labute approximate surface area is 89.5 Å². The minimum atomic E-state index is 0.0874. The molecule has 0 amide bonds. The van der Waals surface area contributed by atoms with Crippen molar-refractivity contribution in [3.63, 3.8) is 0 Å². The second-order valence-corrected chi connectivity index (χ2v) is 2.94. The van der Waals surface area contributed by atoms with Crippen molar-refractivity contribution >= 4 is 11.0 Å². The van der Waals surface area contributed by atoms with Crippen LogP contribution in [0.3, 0.4) is 0 Å². The molecule has 0 atom stereocenters. The normalized spacial score (nSPS) is 9.53. The van der Waals surface area contributed by atoms with Crippen molar-refractivity contribution < 1.29 is 4.42 Å². The largest absolute Gasteiger partial charge is 0.464 e. The Balaban J connectivity index is 0.000000531. The molecule has 0 fully saturated rings. The molecule has 2 heteroatoms. The van der Waals surface area contributed by atoms with Crippen molar-refractivity contribution in [2.45, 2.75) is 27.2 Å². The fraction of sp³-hybridized carbons (Fsp3) is 0.308. The molecule has 1 aromatic heterocycles. The first kappa shape index (κ1) is 11.5. The predicted molar refractivity (Wildman–Crippen MR) is 63.2 cm³/mol. The standard InChI is InChI=1S/C11H10O2.C2H6/c1-2-8-7-13-10-6-4-3-5-9(10)11(8)12;1-2/h3-7H,2H2,1H3;1-2H3. The third kappa shape index (κ3) is 2.27. The fourth-order valence-corrected chi connectivity index (χ4v) is 1.36. The Morgan fingerprint density at radius 3 is 2.53 bits per heavy atom. The third-order valence-corrected chi connectivity index (χ3v) is 2.13. The SMILES string of the molecule is CC.CCc1coc2ccccc2c1=O. The number of para-hydroxylation sites is 1. The lowest BCUT2D eigenvalue weighted by Crippen LogP contribution is -2.06. The highest BCUT2D eigenvalue weighted by molar-refractivity contribution is 5.76. The van der Waals surface area contributed by atoms with Crippen LogP contribution in [0.5, 0.6) is 0 Å². The van der Waals surface area contributed by atoms with E-state index in [-0.39, 0.29) is 5.43 Å². The van der Waals surface area contributed by atoms with E-state index in [4.69, 9.17) is 4.42 Å². The van der Waals surface area contributed by atoms with E-state index in [1.54, 1.807) is 18.4 Å². The van der Waals surface area contributed by atoms with Crippen LogP contribution < -0.4 is 5.43 Å². The molecule has 0 saturated carbocycles. The number of rotatable bonds is 1. The Kier molecular flexibility index (Phi) is 4.10. The van der Waals surface area contributed by atoms with Gasteiger partial charge in [-0.1, -0.05) is 32.9 Å². The molecule has 2 nitrogen and oxygen atoms in total. The summed E-state index contributed by atoms with van der Waals surface area (Å²) in [6, 6.07) is 7.30. The topological polar surface area (TPSA) is 30.2 Å². The molecule has 2 aromatic rings. The lowest BCUT2D eigenvalue weighted by atomic mass is 10.1. The monoisotopic (exact) mass is 204 g/mol. The second kappa shape index (κ2) is 5.35. The van der Waals surface area contributed by atoms with Crippen molar-refractivity contribution in [1.82, 2.24) is 0 Å². The third-order valence-electron chi connectivity index (χ3n) is 2.13. The Morgan fingerprint density at radius 1 is 1.20 bits per heavy atom. The molecule has 0 saturated heterocycles. The van der Waals surface area contributed by atoms with Gasteiger partial charge in [0, 0.05) is 5.56 Å². The van der Waals surface area contributed by atoms with Gasteiger partial charge in [0.05, 0.1) is 11.6 Å². The molecule has 0 N–H and O–H groups in total. The lowest BCUT2D eigenvalue weighted by Gasteiger charge is -1.97. The summed E-state index contributed by atoms with van der Waals surface area (Å²) in [6.07, 6.45) is 2.26. The minimum Gasteiger partial charge on any atom is -0.464 e. The highest BCUT2D eigenvalue weighted by Crippen LogP contribution is 2.10. The summed E-state index contributed by atoms with van der Waals surface area (Å²) in [7, 11) is 0. The van der Waals surface area contributed by atoms with Crippen molar-refractivity contribution in [2.75, 3.05) is 0 Å². The molecule has 80 valence electrons. The van der Waals surface area contributed by atoms with Crippen LogP contribution in [-0.2, 0) is 6.42 Å².